The first-order valence-electron chi connectivity index (χ1n) is 12.5. The maximum absolute atomic E-state index is 12.8. The van der Waals surface area contributed by atoms with Crippen molar-refractivity contribution in [3.8, 4) is 28.5 Å². The van der Waals surface area contributed by atoms with Crippen molar-refractivity contribution in [2.24, 2.45) is 0 Å². The highest BCUT2D eigenvalue weighted by atomic mass is 35.5. The molecule has 2 heterocycles. The topological polar surface area (TPSA) is 111 Å². The molecule has 0 bridgehead atoms. The molecule has 3 aromatic carbocycles. The smallest absolute Gasteiger partial charge is 0.323 e. The molecule has 206 valence electrons. The first-order chi connectivity index (χ1) is 19.9. The minimum atomic E-state index is -0.434. The second kappa shape index (κ2) is 12.1. The summed E-state index contributed by atoms with van der Waals surface area (Å²) >= 11 is 6.43. The molecular weight excluding hydrogens is 543 g/mol. The summed E-state index contributed by atoms with van der Waals surface area (Å²) in [5, 5.41) is 14.0. The monoisotopic (exact) mass is 568 g/mol. The van der Waals surface area contributed by atoms with Crippen molar-refractivity contribution in [2.75, 3.05) is 37.3 Å². The summed E-state index contributed by atoms with van der Waals surface area (Å²) in [5.41, 5.74) is 4.41. The quantitative estimate of drug-likeness (QED) is 0.212. The number of methoxy groups -OCH3 is 3. The molecule has 2 amide bonds. The lowest BCUT2D eigenvalue weighted by atomic mass is 10.0. The van der Waals surface area contributed by atoms with E-state index in [1.165, 1.54) is 21.3 Å². The van der Waals surface area contributed by atoms with Crippen LogP contribution in [0, 0.1) is 0 Å². The van der Waals surface area contributed by atoms with Gasteiger partial charge in [0.1, 0.15) is 13.7 Å². The van der Waals surface area contributed by atoms with Gasteiger partial charge in [0.2, 0.25) is 5.75 Å². The Balaban J connectivity index is 1.32. The summed E-state index contributed by atoms with van der Waals surface area (Å²) in [5.74, 6) is 1.97. The van der Waals surface area contributed by atoms with Crippen LogP contribution in [0.5, 0.6) is 17.2 Å². The Hall–Kier alpha value is -4.90. The number of carbonyl (C=O) groups excluding carboxylic acids is 1. The number of hydrogen-bond acceptors (Lipinski definition) is 7. The molecular formula is C29H26BClN6O4. The van der Waals surface area contributed by atoms with Gasteiger partial charge in [-0.25, -0.2) is 9.78 Å². The number of urea groups is 1. The molecule has 0 atom stereocenters. The van der Waals surface area contributed by atoms with E-state index in [2.05, 4.69) is 26.0 Å². The molecule has 0 saturated heterocycles. The molecule has 0 spiro atoms. The van der Waals surface area contributed by atoms with E-state index in [0.29, 0.717) is 62.8 Å². The summed E-state index contributed by atoms with van der Waals surface area (Å²) < 4.78 is 17.7. The predicted molar refractivity (Wildman–Crippen MR) is 161 cm³/mol. The number of halogens is 1. The van der Waals surface area contributed by atoms with E-state index >= 15 is 0 Å². The molecule has 0 fully saturated rings. The van der Waals surface area contributed by atoms with Crippen LogP contribution < -0.4 is 35.6 Å². The molecule has 0 aliphatic heterocycles. The van der Waals surface area contributed by atoms with Gasteiger partial charge in [-0.3, -0.25) is 0 Å². The van der Waals surface area contributed by atoms with E-state index in [1.807, 2.05) is 48.5 Å². The lowest BCUT2D eigenvalue weighted by Crippen LogP contribution is -2.19. The van der Waals surface area contributed by atoms with Gasteiger partial charge in [0, 0.05) is 47.2 Å². The number of rotatable bonds is 9. The SMILES string of the molecule is [B]c1cnn2c(NCc3cccc(NC(=O)Nc4cc(OC)c(OC)c(OC)c4)c3)cc(-c3ccccc3Cl)nc12. The largest absolute Gasteiger partial charge is 0.493 e. The van der Waals surface area contributed by atoms with Crippen molar-refractivity contribution in [1.82, 2.24) is 14.6 Å². The average Bonchev–Trinajstić information content (AvgIpc) is 3.36. The van der Waals surface area contributed by atoms with Crippen LogP contribution >= 0.6 is 11.6 Å². The summed E-state index contributed by atoms with van der Waals surface area (Å²) in [6, 6.07) is 19.7. The molecule has 3 N–H and O–H groups in total. The van der Waals surface area contributed by atoms with E-state index in [0.717, 1.165) is 11.1 Å². The fourth-order valence-corrected chi connectivity index (χ4v) is 4.54. The zero-order valence-corrected chi connectivity index (χ0v) is 23.3. The third-order valence-electron chi connectivity index (χ3n) is 6.23. The minimum absolute atomic E-state index is 0.428. The van der Waals surface area contributed by atoms with Crippen LogP contribution in [0.3, 0.4) is 0 Å². The number of benzene rings is 3. The number of aromatic nitrogens is 3. The molecule has 0 aliphatic carbocycles. The molecule has 2 radical (unpaired) electrons. The van der Waals surface area contributed by atoms with Crippen molar-refractivity contribution in [2.45, 2.75) is 6.54 Å². The van der Waals surface area contributed by atoms with Crippen LogP contribution in [0.25, 0.3) is 16.9 Å². The van der Waals surface area contributed by atoms with E-state index < -0.39 is 6.03 Å². The van der Waals surface area contributed by atoms with E-state index in [9.17, 15) is 4.79 Å². The summed E-state index contributed by atoms with van der Waals surface area (Å²) in [7, 11) is 10.7. The van der Waals surface area contributed by atoms with Crippen molar-refractivity contribution < 1.29 is 19.0 Å². The second-order valence-corrected chi connectivity index (χ2v) is 9.30. The number of hydrogen-bond donors (Lipinski definition) is 3. The lowest BCUT2D eigenvalue weighted by molar-refractivity contribution is 0.262. The number of anilines is 3. The van der Waals surface area contributed by atoms with E-state index in [-0.39, 0.29) is 0 Å². The molecule has 10 nitrogen and oxygen atoms in total. The highest BCUT2D eigenvalue weighted by Gasteiger charge is 2.15. The number of carbonyl (C=O) groups is 1. The number of nitrogens with zero attached hydrogens (tertiary/aromatic N) is 3. The van der Waals surface area contributed by atoms with Gasteiger partial charge in [-0.05, 0) is 29.2 Å². The standard InChI is InChI=1S/C29H26BClN6O4/c1-39-24-12-19(13-25(40-2)27(24)41-3)35-29(38)34-18-8-6-7-17(11-18)15-32-26-14-23(20-9-4-5-10-22(20)31)36-28-21(30)16-33-37(26)28/h4-14,16,32H,15H2,1-3H3,(H2,34,35,38). The van der Waals surface area contributed by atoms with Crippen LogP contribution in [-0.2, 0) is 6.54 Å². The Morgan fingerprint density at radius 3 is 2.37 bits per heavy atom. The predicted octanol–water partition coefficient (Wildman–Crippen LogP) is 5.13. The molecule has 41 heavy (non-hydrogen) atoms. The van der Waals surface area contributed by atoms with Crippen LogP contribution in [0.1, 0.15) is 5.56 Å². The number of fused-ring (bicyclic) bond motifs is 1. The van der Waals surface area contributed by atoms with Crippen LogP contribution in [0.2, 0.25) is 5.02 Å². The highest BCUT2D eigenvalue weighted by Crippen LogP contribution is 2.40. The molecule has 0 aliphatic rings. The minimum Gasteiger partial charge on any atom is -0.493 e. The normalized spacial score (nSPS) is 10.7. The van der Waals surface area contributed by atoms with Gasteiger partial charge in [-0.1, -0.05) is 41.9 Å². The van der Waals surface area contributed by atoms with Crippen molar-refractivity contribution in [1.29, 1.82) is 0 Å². The van der Waals surface area contributed by atoms with Gasteiger partial charge in [0.25, 0.3) is 0 Å². The Bertz CT molecular complexity index is 1700. The van der Waals surface area contributed by atoms with E-state index in [1.54, 1.807) is 28.9 Å². The van der Waals surface area contributed by atoms with Gasteiger partial charge < -0.3 is 30.2 Å². The summed E-state index contributed by atoms with van der Waals surface area (Å²) in [6.07, 6.45) is 1.56. The van der Waals surface area contributed by atoms with Crippen LogP contribution in [0.4, 0.5) is 22.0 Å². The van der Waals surface area contributed by atoms with Crippen molar-refractivity contribution in [3.63, 3.8) is 0 Å². The summed E-state index contributed by atoms with van der Waals surface area (Å²) in [6.45, 7) is 0.435. The molecule has 0 unspecified atom stereocenters. The van der Waals surface area contributed by atoms with E-state index in [4.69, 9.17) is 33.7 Å². The fraction of sp³-hybridized carbons (Fsp3) is 0.138. The number of nitrogens with one attached hydrogen (secondary N) is 3. The van der Waals surface area contributed by atoms with Gasteiger partial charge in [-0.15, -0.1) is 0 Å². The van der Waals surface area contributed by atoms with Crippen molar-refractivity contribution in [3.05, 3.63) is 83.5 Å². The fourth-order valence-electron chi connectivity index (χ4n) is 4.31. The first-order valence-corrected chi connectivity index (χ1v) is 12.9. The van der Waals surface area contributed by atoms with Gasteiger partial charge in [0.15, 0.2) is 17.1 Å². The molecule has 5 aromatic rings. The Morgan fingerprint density at radius 1 is 0.927 bits per heavy atom. The Labute approximate surface area is 243 Å². The van der Waals surface area contributed by atoms with Crippen molar-refractivity contribution >= 4 is 53.8 Å². The third kappa shape index (κ3) is 6.00. The van der Waals surface area contributed by atoms with Gasteiger partial charge in [-0.2, -0.15) is 9.61 Å². The average molecular weight is 569 g/mol. The zero-order valence-electron chi connectivity index (χ0n) is 22.6. The van der Waals surface area contributed by atoms with Gasteiger partial charge in [0.05, 0.1) is 32.7 Å². The van der Waals surface area contributed by atoms with Gasteiger partial charge >= 0.3 is 6.03 Å². The molecule has 5 rings (SSSR count). The maximum Gasteiger partial charge on any atom is 0.323 e. The first kappa shape index (κ1) is 27.7. The summed E-state index contributed by atoms with van der Waals surface area (Å²) in [4.78, 5) is 17.5. The maximum atomic E-state index is 12.8. The molecule has 12 heteroatoms. The third-order valence-corrected chi connectivity index (χ3v) is 6.56. The second-order valence-electron chi connectivity index (χ2n) is 8.89. The van der Waals surface area contributed by atoms with Crippen LogP contribution in [-0.4, -0.2) is 49.8 Å². The molecule has 2 aromatic heterocycles. The Morgan fingerprint density at radius 2 is 1.66 bits per heavy atom. The van der Waals surface area contributed by atoms with Crippen LogP contribution in [0.15, 0.2) is 72.9 Å². The lowest BCUT2D eigenvalue weighted by Gasteiger charge is -2.15. The number of ether oxygens (including phenoxy) is 3. The highest BCUT2D eigenvalue weighted by molar-refractivity contribution is 6.36. The zero-order chi connectivity index (χ0) is 28.9. The number of amides is 2. The molecule has 0 saturated carbocycles. The Kier molecular flexibility index (Phi) is 8.16.